The third-order valence-electron chi connectivity index (χ3n) is 2.53. The molecule has 0 aromatic heterocycles. The van der Waals surface area contributed by atoms with E-state index in [1.54, 1.807) is 19.1 Å². The Morgan fingerprint density at radius 1 is 1.47 bits per heavy atom. The van der Waals surface area contributed by atoms with Crippen LogP contribution in [0, 0.1) is 12.7 Å². The van der Waals surface area contributed by atoms with Crippen molar-refractivity contribution in [1.29, 1.82) is 0 Å². The first-order chi connectivity index (χ1) is 7.27. The molecule has 0 spiro atoms. The van der Waals surface area contributed by atoms with E-state index in [0.29, 0.717) is 24.0 Å². The van der Waals surface area contributed by atoms with E-state index in [9.17, 15) is 4.39 Å². The quantitative estimate of drug-likeness (QED) is 0.751. The highest BCUT2D eigenvalue weighted by atomic mass is 19.1. The summed E-state index contributed by atoms with van der Waals surface area (Å²) in [5.74, 6) is 0.108. The van der Waals surface area contributed by atoms with E-state index in [1.165, 1.54) is 12.8 Å². The van der Waals surface area contributed by atoms with Crippen molar-refractivity contribution in [2.24, 2.45) is 0 Å². The molecule has 15 heavy (non-hydrogen) atoms. The number of hydrogen-bond donors (Lipinski definition) is 1. The molecule has 0 aliphatic heterocycles. The average Bonchev–Trinajstić information content (AvgIpc) is 3.02. The normalized spacial score (nSPS) is 15.3. The van der Waals surface area contributed by atoms with Gasteiger partial charge in [0, 0.05) is 12.6 Å². The van der Waals surface area contributed by atoms with Gasteiger partial charge in [0.1, 0.15) is 6.61 Å². The summed E-state index contributed by atoms with van der Waals surface area (Å²) in [6.45, 7) is 3.06. The molecule has 0 heterocycles. The van der Waals surface area contributed by atoms with E-state index in [2.05, 4.69) is 5.32 Å². The van der Waals surface area contributed by atoms with Crippen molar-refractivity contribution in [3.05, 3.63) is 29.6 Å². The fourth-order valence-electron chi connectivity index (χ4n) is 1.44. The summed E-state index contributed by atoms with van der Waals surface area (Å²) in [4.78, 5) is 0. The molecular weight excluding hydrogens is 193 g/mol. The van der Waals surface area contributed by atoms with Gasteiger partial charge in [0.2, 0.25) is 0 Å². The zero-order valence-corrected chi connectivity index (χ0v) is 8.92. The van der Waals surface area contributed by atoms with Crippen LogP contribution in [0.3, 0.4) is 0 Å². The molecular formula is C12H16FNO. The molecule has 0 amide bonds. The van der Waals surface area contributed by atoms with Gasteiger partial charge in [-0.15, -0.1) is 0 Å². The Balaban J connectivity index is 1.78. The van der Waals surface area contributed by atoms with Crippen LogP contribution >= 0.6 is 0 Å². The zero-order chi connectivity index (χ0) is 10.7. The fraction of sp³-hybridized carbons (Fsp3) is 0.500. The number of benzene rings is 1. The van der Waals surface area contributed by atoms with Gasteiger partial charge < -0.3 is 10.1 Å². The van der Waals surface area contributed by atoms with E-state index in [4.69, 9.17) is 4.74 Å². The second-order valence-corrected chi connectivity index (χ2v) is 3.96. The smallest absolute Gasteiger partial charge is 0.167 e. The Hall–Kier alpha value is -1.09. The Bertz CT molecular complexity index is 336. The highest BCUT2D eigenvalue weighted by molar-refractivity contribution is 5.29. The molecule has 0 radical (unpaired) electrons. The minimum atomic E-state index is -0.246. The van der Waals surface area contributed by atoms with Gasteiger partial charge in [-0.2, -0.15) is 0 Å². The van der Waals surface area contributed by atoms with Crippen molar-refractivity contribution >= 4 is 0 Å². The van der Waals surface area contributed by atoms with E-state index < -0.39 is 0 Å². The molecule has 1 aromatic rings. The van der Waals surface area contributed by atoms with Crippen molar-refractivity contribution in [3.8, 4) is 5.75 Å². The topological polar surface area (TPSA) is 21.3 Å². The Kier molecular flexibility index (Phi) is 3.21. The molecule has 0 bridgehead atoms. The lowest BCUT2D eigenvalue weighted by Crippen LogP contribution is -2.23. The van der Waals surface area contributed by atoms with Gasteiger partial charge in [0.25, 0.3) is 0 Å². The molecule has 2 rings (SSSR count). The van der Waals surface area contributed by atoms with Gasteiger partial charge in [-0.3, -0.25) is 0 Å². The lowest BCUT2D eigenvalue weighted by molar-refractivity contribution is 0.297. The highest BCUT2D eigenvalue weighted by Crippen LogP contribution is 2.20. The first kappa shape index (κ1) is 10.4. The summed E-state index contributed by atoms with van der Waals surface area (Å²) in [5.41, 5.74) is 0.627. The standard InChI is InChI=1S/C12H16FNO/c1-9-3-2-4-11(12(9)13)15-8-7-14-10-5-6-10/h2-4,10,14H,5-8H2,1H3. The van der Waals surface area contributed by atoms with Crippen LogP contribution in [0.25, 0.3) is 0 Å². The summed E-state index contributed by atoms with van der Waals surface area (Å²) in [6, 6.07) is 5.89. The number of rotatable bonds is 5. The monoisotopic (exact) mass is 209 g/mol. The van der Waals surface area contributed by atoms with Crippen LogP contribution in [0.1, 0.15) is 18.4 Å². The summed E-state index contributed by atoms with van der Waals surface area (Å²) in [7, 11) is 0. The van der Waals surface area contributed by atoms with Crippen molar-refractivity contribution in [1.82, 2.24) is 5.32 Å². The Morgan fingerprint density at radius 3 is 3.00 bits per heavy atom. The zero-order valence-electron chi connectivity index (χ0n) is 8.92. The van der Waals surface area contributed by atoms with Crippen LogP contribution in [0.5, 0.6) is 5.75 Å². The van der Waals surface area contributed by atoms with Gasteiger partial charge in [-0.1, -0.05) is 12.1 Å². The molecule has 1 fully saturated rings. The summed E-state index contributed by atoms with van der Waals surface area (Å²) < 4.78 is 18.8. The van der Waals surface area contributed by atoms with Crippen LogP contribution in [0.2, 0.25) is 0 Å². The number of nitrogens with one attached hydrogen (secondary N) is 1. The average molecular weight is 209 g/mol. The molecule has 0 saturated heterocycles. The SMILES string of the molecule is Cc1cccc(OCCNC2CC2)c1F. The van der Waals surface area contributed by atoms with Crippen LogP contribution < -0.4 is 10.1 Å². The number of ether oxygens (including phenoxy) is 1. The third-order valence-corrected chi connectivity index (χ3v) is 2.53. The highest BCUT2D eigenvalue weighted by Gasteiger charge is 2.19. The van der Waals surface area contributed by atoms with Crippen LogP contribution in [-0.2, 0) is 0 Å². The maximum absolute atomic E-state index is 13.5. The minimum absolute atomic E-state index is 0.246. The van der Waals surface area contributed by atoms with Crippen molar-refractivity contribution in [3.63, 3.8) is 0 Å². The van der Waals surface area contributed by atoms with E-state index in [1.807, 2.05) is 6.07 Å². The first-order valence-corrected chi connectivity index (χ1v) is 5.38. The molecule has 2 nitrogen and oxygen atoms in total. The van der Waals surface area contributed by atoms with Crippen molar-refractivity contribution < 1.29 is 9.13 Å². The predicted octanol–water partition coefficient (Wildman–Crippen LogP) is 2.26. The molecule has 1 aliphatic rings. The maximum atomic E-state index is 13.5. The molecule has 3 heteroatoms. The van der Waals surface area contributed by atoms with Crippen LogP contribution in [0.15, 0.2) is 18.2 Å². The Morgan fingerprint density at radius 2 is 2.27 bits per heavy atom. The number of halogens is 1. The molecule has 82 valence electrons. The second kappa shape index (κ2) is 4.62. The summed E-state index contributed by atoms with van der Waals surface area (Å²) >= 11 is 0. The van der Waals surface area contributed by atoms with Crippen molar-refractivity contribution in [2.75, 3.05) is 13.2 Å². The maximum Gasteiger partial charge on any atom is 0.167 e. The van der Waals surface area contributed by atoms with Gasteiger partial charge in [0.05, 0.1) is 0 Å². The largest absolute Gasteiger partial charge is 0.489 e. The van der Waals surface area contributed by atoms with Gasteiger partial charge in [-0.25, -0.2) is 4.39 Å². The van der Waals surface area contributed by atoms with Gasteiger partial charge >= 0.3 is 0 Å². The molecule has 1 aromatic carbocycles. The fourth-order valence-corrected chi connectivity index (χ4v) is 1.44. The summed E-state index contributed by atoms with van der Waals surface area (Å²) in [5, 5.41) is 3.31. The van der Waals surface area contributed by atoms with Crippen LogP contribution in [-0.4, -0.2) is 19.2 Å². The van der Waals surface area contributed by atoms with Crippen molar-refractivity contribution in [2.45, 2.75) is 25.8 Å². The summed E-state index contributed by atoms with van der Waals surface area (Å²) in [6.07, 6.45) is 2.53. The predicted molar refractivity (Wildman–Crippen MR) is 57.7 cm³/mol. The molecule has 1 N–H and O–H groups in total. The molecule has 1 aliphatic carbocycles. The van der Waals surface area contributed by atoms with Crippen LogP contribution in [0.4, 0.5) is 4.39 Å². The van der Waals surface area contributed by atoms with Gasteiger partial charge in [-0.05, 0) is 31.4 Å². The second-order valence-electron chi connectivity index (χ2n) is 3.96. The molecule has 1 saturated carbocycles. The lowest BCUT2D eigenvalue weighted by atomic mass is 10.2. The number of hydrogen-bond acceptors (Lipinski definition) is 2. The Labute approximate surface area is 89.4 Å². The van der Waals surface area contributed by atoms with Gasteiger partial charge in [0.15, 0.2) is 11.6 Å². The molecule has 0 unspecified atom stereocenters. The molecule has 0 atom stereocenters. The number of aryl methyl sites for hydroxylation is 1. The lowest BCUT2D eigenvalue weighted by Gasteiger charge is -2.08. The van der Waals surface area contributed by atoms with E-state index in [0.717, 1.165) is 6.54 Å². The van der Waals surface area contributed by atoms with E-state index >= 15 is 0 Å². The first-order valence-electron chi connectivity index (χ1n) is 5.38. The van der Waals surface area contributed by atoms with E-state index in [-0.39, 0.29) is 5.82 Å². The minimum Gasteiger partial charge on any atom is -0.489 e. The third kappa shape index (κ3) is 2.93.